The molecule has 4 unspecified atom stereocenters. The summed E-state index contributed by atoms with van der Waals surface area (Å²) in [4.78, 5) is 4.78. The van der Waals surface area contributed by atoms with Crippen LogP contribution >= 0.6 is 11.8 Å². The van der Waals surface area contributed by atoms with Gasteiger partial charge in [-0.05, 0) is 42.7 Å². The maximum atomic E-state index is 10.6. The number of hydrogen-bond acceptors (Lipinski definition) is 6. The average molecular weight is 401 g/mol. The third kappa shape index (κ3) is 3.44. The highest BCUT2D eigenvalue weighted by Gasteiger charge is 2.44. The number of thioether (sulfide) groups is 1. The molecule has 1 aromatic heterocycles. The van der Waals surface area contributed by atoms with Crippen LogP contribution in [0, 0.1) is 13.8 Å². The molecule has 7 heteroatoms. The molecule has 0 aliphatic carbocycles. The number of imidazole rings is 1. The van der Waals surface area contributed by atoms with Crippen molar-refractivity contribution in [2.45, 2.75) is 49.3 Å². The van der Waals surface area contributed by atoms with Crippen LogP contribution in [0.2, 0.25) is 0 Å². The number of aliphatic hydroxyl groups is 3. The van der Waals surface area contributed by atoms with Crippen LogP contribution in [0.25, 0.3) is 11.0 Å². The molecular formula is C21H24N2O4S. The first-order valence-electron chi connectivity index (χ1n) is 9.28. The summed E-state index contributed by atoms with van der Waals surface area (Å²) in [5.41, 5.74) is 5.07. The molecule has 3 aromatic rings. The van der Waals surface area contributed by atoms with Crippen LogP contribution in [-0.2, 0) is 10.5 Å². The molecule has 6 nitrogen and oxygen atoms in total. The average Bonchev–Trinajstić information content (AvgIpc) is 3.18. The minimum Gasteiger partial charge on any atom is -0.394 e. The second-order valence-electron chi connectivity index (χ2n) is 7.19. The van der Waals surface area contributed by atoms with E-state index in [-0.39, 0.29) is 6.61 Å². The number of ether oxygens (including phenoxy) is 1. The van der Waals surface area contributed by atoms with Crippen LogP contribution in [0.4, 0.5) is 0 Å². The summed E-state index contributed by atoms with van der Waals surface area (Å²) in [5, 5.41) is 31.0. The molecule has 28 heavy (non-hydrogen) atoms. The molecule has 0 amide bonds. The van der Waals surface area contributed by atoms with Gasteiger partial charge < -0.3 is 20.1 Å². The van der Waals surface area contributed by atoms with Gasteiger partial charge in [-0.25, -0.2) is 4.98 Å². The third-order valence-corrected chi connectivity index (χ3v) is 6.28. The molecule has 0 bridgehead atoms. The molecule has 0 spiro atoms. The Morgan fingerprint density at radius 1 is 1.07 bits per heavy atom. The Morgan fingerprint density at radius 2 is 1.79 bits per heavy atom. The molecule has 1 saturated heterocycles. The fourth-order valence-electron chi connectivity index (χ4n) is 3.49. The third-order valence-electron chi connectivity index (χ3n) is 5.25. The van der Waals surface area contributed by atoms with E-state index in [0.29, 0.717) is 5.16 Å². The summed E-state index contributed by atoms with van der Waals surface area (Å²) in [6.45, 7) is 3.71. The van der Waals surface area contributed by atoms with Crippen molar-refractivity contribution in [2.75, 3.05) is 6.61 Å². The zero-order valence-corrected chi connectivity index (χ0v) is 16.6. The van der Waals surface area contributed by atoms with Gasteiger partial charge in [0.1, 0.15) is 18.3 Å². The maximum absolute atomic E-state index is 10.6. The van der Waals surface area contributed by atoms with E-state index < -0.39 is 24.5 Å². The van der Waals surface area contributed by atoms with Crippen LogP contribution in [0.5, 0.6) is 0 Å². The van der Waals surface area contributed by atoms with Gasteiger partial charge in [0, 0.05) is 5.75 Å². The number of aromatic nitrogens is 2. The number of aryl methyl sites for hydroxylation is 2. The molecule has 2 heterocycles. The normalized spacial score (nSPS) is 24.9. The summed E-state index contributed by atoms with van der Waals surface area (Å²) in [5.74, 6) is 0.719. The maximum Gasteiger partial charge on any atom is 0.171 e. The number of fused-ring (bicyclic) bond motifs is 1. The molecular weight excluding hydrogens is 376 g/mol. The monoisotopic (exact) mass is 400 g/mol. The lowest BCUT2D eigenvalue weighted by molar-refractivity contribution is -0.0546. The van der Waals surface area contributed by atoms with Gasteiger partial charge in [-0.2, -0.15) is 0 Å². The van der Waals surface area contributed by atoms with Crippen molar-refractivity contribution in [1.82, 2.24) is 9.55 Å². The minimum atomic E-state index is -1.15. The summed E-state index contributed by atoms with van der Waals surface area (Å²) >= 11 is 1.55. The Labute approximate surface area is 167 Å². The van der Waals surface area contributed by atoms with Gasteiger partial charge in [0.05, 0.1) is 17.6 Å². The number of aliphatic hydroxyl groups excluding tert-OH is 3. The number of rotatable bonds is 5. The van der Waals surface area contributed by atoms with Gasteiger partial charge in [0.2, 0.25) is 0 Å². The summed E-state index contributed by atoms with van der Waals surface area (Å²) in [7, 11) is 0. The first-order valence-corrected chi connectivity index (χ1v) is 10.3. The number of nitrogens with zero attached hydrogens (tertiary/aromatic N) is 2. The zero-order chi connectivity index (χ0) is 19.8. The molecule has 4 rings (SSSR count). The van der Waals surface area contributed by atoms with Crippen molar-refractivity contribution in [3.05, 3.63) is 59.2 Å². The second kappa shape index (κ2) is 7.85. The van der Waals surface area contributed by atoms with Gasteiger partial charge >= 0.3 is 0 Å². The molecule has 148 valence electrons. The van der Waals surface area contributed by atoms with E-state index >= 15 is 0 Å². The highest BCUT2D eigenvalue weighted by Crippen LogP contribution is 2.37. The molecule has 1 aliphatic rings. The Kier molecular flexibility index (Phi) is 5.44. The fraction of sp³-hybridized carbons (Fsp3) is 0.381. The number of benzene rings is 2. The standard InChI is InChI=1S/C21H24N2O4S/c1-12-8-15-16(9-13(12)2)23(20-19(26)18(25)17(10-24)27-20)21(22-15)28-11-14-6-4-3-5-7-14/h3-9,17-20,24-26H,10-11H2,1-2H3. The van der Waals surface area contributed by atoms with Crippen molar-refractivity contribution in [3.63, 3.8) is 0 Å². The van der Waals surface area contributed by atoms with Gasteiger partial charge in [0.25, 0.3) is 0 Å². The Bertz CT molecular complexity index is 975. The first kappa shape index (κ1) is 19.4. The Morgan fingerprint density at radius 3 is 2.46 bits per heavy atom. The van der Waals surface area contributed by atoms with Crippen LogP contribution < -0.4 is 0 Å². The van der Waals surface area contributed by atoms with E-state index in [1.807, 2.05) is 48.7 Å². The fourth-order valence-corrected chi connectivity index (χ4v) is 4.48. The van der Waals surface area contributed by atoms with Gasteiger partial charge in [-0.15, -0.1) is 0 Å². The van der Waals surface area contributed by atoms with Crippen molar-refractivity contribution in [3.8, 4) is 0 Å². The van der Waals surface area contributed by atoms with Crippen LogP contribution in [0.3, 0.4) is 0 Å². The predicted molar refractivity (Wildman–Crippen MR) is 108 cm³/mol. The van der Waals surface area contributed by atoms with Crippen molar-refractivity contribution < 1.29 is 20.1 Å². The molecule has 0 radical (unpaired) electrons. The zero-order valence-electron chi connectivity index (χ0n) is 15.8. The highest BCUT2D eigenvalue weighted by molar-refractivity contribution is 7.98. The second-order valence-corrected chi connectivity index (χ2v) is 8.14. The quantitative estimate of drug-likeness (QED) is 0.571. The minimum absolute atomic E-state index is 0.355. The summed E-state index contributed by atoms with van der Waals surface area (Å²) < 4.78 is 7.66. The van der Waals surface area contributed by atoms with E-state index in [2.05, 4.69) is 12.1 Å². The molecule has 4 atom stereocenters. The summed E-state index contributed by atoms with van der Waals surface area (Å²) in [6, 6.07) is 14.1. The Hall–Kier alpha value is -1.90. The predicted octanol–water partition coefficient (Wildman–Crippen LogP) is 2.56. The van der Waals surface area contributed by atoms with E-state index in [0.717, 1.165) is 27.9 Å². The molecule has 1 aliphatic heterocycles. The SMILES string of the molecule is Cc1cc2nc(SCc3ccccc3)n(C3OC(CO)C(O)C3O)c2cc1C. The van der Waals surface area contributed by atoms with Gasteiger partial charge in [-0.1, -0.05) is 42.1 Å². The highest BCUT2D eigenvalue weighted by atomic mass is 32.2. The van der Waals surface area contributed by atoms with Gasteiger partial charge in [0.15, 0.2) is 11.4 Å². The van der Waals surface area contributed by atoms with Crippen LogP contribution in [-0.4, -0.2) is 49.8 Å². The van der Waals surface area contributed by atoms with Crippen molar-refractivity contribution in [2.24, 2.45) is 0 Å². The lowest BCUT2D eigenvalue weighted by Gasteiger charge is -2.20. The van der Waals surface area contributed by atoms with E-state index in [9.17, 15) is 15.3 Å². The number of hydrogen-bond donors (Lipinski definition) is 3. The lowest BCUT2D eigenvalue weighted by atomic mass is 10.1. The Balaban J connectivity index is 1.76. The molecule has 2 aromatic carbocycles. The van der Waals surface area contributed by atoms with E-state index in [1.165, 1.54) is 5.56 Å². The molecule has 3 N–H and O–H groups in total. The lowest BCUT2D eigenvalue weighted by Crippen LogP contribution is -2.33. The van der Waals surface area contributed by atoms with E-state index in [4.69, 9.17) is 9.72 Å². The van der Waals surface area contributed by atoms with E-state index in [1.54, 1.807) is 11.8 Å². The topological polar surface area (TPSA) is 87.7 Å². The van der Waals surface area contributed by atoms with Crippen LogP contribution in [0.1, 0.15) is 22.9 Å². The molecule has 0 saturated carbocycles. The van der Waals surface area contributed by atoms with Gasteiger partial charge in [-0.3, -0.25) is 4.57 Å². The molecule has 1 fully saturated rings. The van der Waals surface area contributed by atoms with Crippen molar-refractivity contribution in [1.29, 1.82) is 0 Å². The smallest absolute Gasteiger partial charge is 0.171 e. The first-order chi connectivity index (χ1) is 13.5. The van der Waals surface area contributed by atoms with Crippen molar-refractivity contribution >= 4 is 22.8 Å². The largest absolute Gasteiger partial charge is 0.394 e. The van der Waals surface area contributed by atoms with Crippen LogP contribution in [0.15, 0.2) is 47.6 Å². The summed E-state index contributed by atoms with van der Waals surface area (Å²) in [6.07, 6.45) is -3.92.